The van der Waals surface area contributed by atoms with Crippen LogP contribution in [0.4, 0.5) is 19.0 Å². The average molecular weight is 394 g/mol. The SMILES string of the molecule is COC(=O)c1cn2c(-c3cc(C(C)(O)C(F)(F)F)ccc3C)cnc2c(N)n1. The van der Waals surface area contributed by atoms with Crippen molar-refractivity contribution in [3.8, 4) is 11.3 Å². The molecular weight excluding hydrogens is 377 g/mol. The molecule has 0 bridgehead atoms. The topological polar surface area (TPSA) is 103 Å². The third-order valence-electron chi connectivity index (χ3n) is 4.54. The third kappa shape index (κ3) is 3.05. The summed E-state index contributed by atoms with van der Waals surface area (Å²) in [7, 11) is 1.19. The Morgan fingerprint density at radius 3 is 2.61 bits per heavy atom. The number of aliphatic hydroxyl groups is 1. The Bertz CT molecular complexity index is 1070. The van der Waals surface area contributed by atoms with Crippen LogP contribution in [0.5, 0.6) is 0 Å². The van der Waals surface area contributed by atoms with Gasteiger partial charge in [-0.3, -0.25) is 4.40 Å². The first-order chi connectivity index (χ1) is 13.0. The minimum absolute atomic E-state index is 0.0368. The van der Waals surface area contributed by atoms with Gasteiger partial charge in [-0.25, -0.2) is 14.8 Å². The molecule has 0 amide bonds. The van der Waals surface area contributed by atoms with Crippen molar-refractivity contribution in [3.05, 3.63) is 47.4 Å². The van der Waals surface area contributed by atoms with Gasteiger partial charge in [-0.2, -0.15) is 13.2 Å². The molecule has 0 spiro atoms. The molecule has 3 aromatic rings. The smallest absolute Gasteiger partial charge is 0.421 e. The van der Waals surface area contributed by atoms with Crippen LogP contribution in [0, 0.1) is 6.92 Å². The van der Waals surface area contributed by atoms with Gasteiger partial charge in [0.25, 0.3) is 0 Å². The Labute approximate surface area is 157 Å². The van der Waals surface area contributed by atoms with E-state index in [1.165, 1.54) is 42.1 Å². The highest BCUT2D eigenvalue weighted by Crippen LogP contribution is 2.40. The molecule has 28 heavy (non-hydrogen) atoms. The molecule has 10 heteroatoms. The first-order valence-corrected chi connectivity index (χ1v) is 8.10. The number of nitrogen functional groups attached to an aromatic ring is 1. The van der Waals surface area contributed by atoms with E-state index in [1.54, 1.807) is 6.92 Å². The number of halogens is 3. The van der Waals surface area contributed by atoms with Crippen molar-refractivity contribution in [2.24, 2.45) is 0 Å². The molecule has 0 saturated heterocycles. The van der Waals surface area contributed by atoms with Crippen LogP contribution in [0.1, 0.15) is 28.5 Å². The molecule has 148 valence electrons. The summed E-state index contributed by atoms with van der Waals surface area (Å²) in [6, 6.07) is 3.92. The van der Waals surface area contributed by atoms with Crippen LogP contribution in [0.3, 0.4) is 0 Å². The fourth-order valence-electron chi connectivity index (χ4n) is 2.78. The van der Waals surface area contributed by atoms with Crippen molar-refractivity contribution in [3.63, 3.8) is 0 Å². The molecule has 0 radical (unpaired) electrons. The van der Waals surface area contributed by atoms with E-state index in [1.807, 2.05) is 0 Å². The fourth-order valence-corrected chi connectivity index (χ4v) is 2.78. The minimum Gasteiger partial charge on any atom is -0.464 e. The van der Waals surface area contributed by atoms with Crippen LogP contribution >= 0.6 is 0 Å². The van der Waals surface area contributed by atoms with Gasteiger partial charge in [0.15, 0.2) is 22.8 Å². The second kappa shape index (κ2) is 6.48. The largest absolute Gasteiger partial charge is 0.464 e. The van der Waals surface area contributed by atoms with Crippen molar-refractivity contribution in [1.29, 1.82) is 0 Å². The number of aromatic nitrogens is 3. The Balaban J connectivity index is 2.24. The van der Waals surface area contributed by atoms with Gasteiger partial charge in [0.2, 0.25) is 0 Å². The summed E-state index contributed by atoms with van der Waals surface area (Å²) in [5, 5.41) is 10.0. The molecular formula is C18H17F3N4O3. The van der Waals surface area contributed by atoms with E-state index in [-0.39, 0.29) is 22.7 Å². The number of aryl methyl sites for hydroxylation is 1. The summed E-state index contributed by atoms with van der Waals surface area (Å²) in [4.78, 5) is 19.9. The zero-order valence-corrected chi connectivity index (χ0v) is 15.2. The molecule has 1 aromatic carbocycles. The number of benzene rings is 1. The lowest BCUT2D eigenvalue weighted by molar-refractivity contribution is -0.258. The molecule has 0 saturated carbocycles. The highest BCUT2D eigenvalue weighted by Gasteiger charge is 2.51. The van der Waals surface area contributed by atoms with E-state index in [4.69, 9.17) is 5.73 Å². The molecule has 0 fully saturated rings. The molecule has 2 aromatic heterocycles. The number of carbonyl (C=O) groups is 1. The van der Waals surface area contributed by atoms with Crippen LogP contribution in [-0.4, -0.2) is 38.7 Å². The Morgan fingerprint density at radius 1 is 1.32 bits per heavy atom. The number of carbonyl (C=O) groups excluding carboxylic acids is 1. The van der Waals surface area contributed by atoms with Gasteiger partial charge in [0.1, 0.15) is 0 Å². The number of hydrogen-bond acceptors (Lipinski definition) is 6. The molecule has 1 unspecified atom stereocenters. The summed E-state index contributed by atoms with van der Waals surface area (Å²) >= 11 is 0. The number of alkyl halides is 3. The van der Waals surface area contributed by atoms with Crippen LogP contribution < -0.4 is 5.73 Å². The predicted octanol–water partition coefficient (Wildman–Crippen LogP) is 2.84. The lowest BCUT2D eigenvalue weighted by atomic mass is 9.91. The molecule has 2 heterocycles. The summed E-state index contributed by atoms with van der Waals surface area (Å²) in [5.74, 6) is -0.760. The van der Waals surface area contributed by atoms with Crippen LogP contribution in [-0.2, 0) is 10.3 Å². The number of fused-ring (bicyclic) bond motifs is 1. The van der Waals surface area contributed by atoms with Crippen LogP contribution in [0.15, 0.2) is 30.6 Å². The average Bonchev–Trinajstić information content (AvgIpc) is 3.04. The summed E-state index contributed by atoms with van der Waals surface area (Å²) in [5.41, 5.74) is 4.04. The monoisotopic (exact) mass is 394 g/mol. The summed E-state index contributed by atoms with van der Waals surface area (Å²) in [6.07, 6.45) is -2.11. The Morgan fingerprint density at radius 2 is 2.00 bits per heavy atom. The summed E-state index contributed by atoms with van der Waals surface area (Å²) < 4.78 is 45.8. The third-order valence-corrected chi connectivity index (χ3v) is 4.54. The maximum atomic E-state index is 13.2. The van der Waals surface area contributed by atoms with Crippen molar-refractivity contribution in [2.75, 3.05) is 12.8 Å². The standard InChI is InChI=1S/C18H17F3N4O3/c1-9-4-5-10(17(2,27)18(19,20)21)6-11(9)13-7-23-15-14(22)24-12(8-25(13)15)16(26)28-3/h4-8,27H,1-3H3,(H2,22,24). The van der Waals surface area contributed by atoms with Crippen LogP contribution in [0.2, 0.25) is 0 Å². The molecule has 7 nitrogen and oxygen atoms in total. The van der Waals surface area contributed by atoms with Gasteiger partial charge in [-0.05, 0) is 31.0 Å². The molecule has 0 aliphatic rings. The van der Waals surface area contributed by atoms with Gasteiger partial charge in [-0.15, -0.1) is 0 Å². The zero-order valence-electron chi connectivity index (χ0n) is 15.2. The van der Waals surface area contributed by atoms with Crippen molar-refractivity contribution in [1.82, 2.24) is 14.4 Å². The second-order valence-electron chi connectivity index (χ2n) is 6.44. The fraction of sp³-hybridized carbons (Fsp3) is 0.278. The number of rotatable bonds is 3. The number of nitrogens with zero attached hydrogens (tertiary/aromatic N) is 3. The maximum Gasteiger partial charge on any atom is 0.421 e. The number of nitrogens with two attached hydrogens (primary N) is 1. The normalized spacial score (nSPS) is 14.1. The van der Waals surface area contributed by atoms with E-state index in [2.05, 4.69) is 14.7 Å². The first-order valence-electron chi connectivity index (χ1n) is 8.10. The van der Waals surface area contributed by atoms with Gasteiger partial charge in [-0.1, -0.05) is 12.1 Å². The number of anilines is 1. The number of ether oxygens (including phenoxy) is 1. The van der Waals surface area contributed by atoms with E-state index >= 15 is 0 Å². The highest BCUT2D eigenvalue weighted by atomic mass is 19.4. The summed E-state index contributed by atoms with van der Waals surface area (Å²) in [6.45, 7) is 2.39. The van der Waals surface area contributed by atoms with E-state index in [0.29, 0.717) is 23.7 Å². The Hall–Kier alpha value is -3.14. The predicted molar refractivity (Wildman–Crippen MR) is 94.5 cm³/mol. The number of methoxy groups -OCH3 is 1. The molecule has 0 aliphatic heterocycles. The zero-order chi connectivity index (χ0) is 20.9. The van der Waals surface area contributed by atoms with E-state index < -0.39 is 17.7 Å². The van der Waals surface area contributed by atoms with Gasteiger partial charge in [0.05, 0.1) is 19.0 Å². The van der Waals surface area contributed by atoms with E-state index in [0.717, 1.165) is 0 Å². The number of imidazole rings is 1. The van der Waals surface area contributed by atoms with Crippen molar-refractivity contribution >= 4 is 17.4 Å². The highest BCUT2D eigenvalue weighted by molar-refractivity contribution is 5.88. The first kappa shape index (κ1) is 19.6. The Kier molecular flexibility index (Phi) is 4.54. The van der Waals surface area contributed by atoms with Gasteiger partial charge < -0.3 is 15.6 Å². The van der Waals surface area contributed by atoms with E-state index in [9.17, 15) is 23.1 Å². The maximum absolute atomic E-state index is 13.2. The number of hydrogen-bond donors (Lipinski definition) is 2. The van der Waals surface area contributed by atoms with Gasteiger partial charge >= 0.3 is 12.1 Å². The van der Waals surface area contributed by atoms with Gasteiger partial charge in [0, 0.05) is 11.8 Å². The van der Waals surface area contributed by atoms with Crippen molar-refractivity contribution < 1.29 is 27.8 Å². The molecule has 3 rings (SSSR count). The number of esters is 1. The minimum atomic E-state index is -4.86. The van der Waals surface area contributed by atoms with Crippen molar-refractivity contribution in [2.45, 2.75) is 25.6 Å². The molecule has 0 aliphatic carbocycles. The van der Waals surface area contributed by atoms with Crippen LogP contribution in [0.25, 0.3) is 16.9 Å². The molecule has 1 atom stereocenters. The molecule has 3 N–H and O–H groups in total. The second-order valence-corrected chi connectivity index (χ2v) is 6.44. The lowest BCUT2D eigenvalue weighted by Gasteiger charge is -2.27. The quantitative estimate of drug-likeness (QED) is 0.663. The lowest BCUT2D eigenvalue weighted by Crippen LogP contribution is -2.39.